The summed E-state index contributed by atoms with van der Waals surface area (Å²) >= 11 is 3.40. The SMILES string of the molecule is CCOC(=O)c1ccc(N2CCN(Cc3ccccc3)CC2)c(NC(=O)c2ccc(Br)cc2)c1. The minimum Gasteiger partial charge on any atom is -0.462 e. The molecule has 0 unspecified atom stereocenters. The smallest absolute Gasteiger partial charge is 0.338 e. The van der Waals surface area contributed by atoms with Crippen LogP contribution in [0.2, 0.25) is 0 Å². The van der Waals surface area contributed by atoms with Crippen LogP contribution >= 0.6 is 15.9 Å². The summed E-state index contributed by atoms with van der Waals surface area (Å²) in [5, 5.41) is 3.01. The van der Waals surface area contributed by atoms with Crippen molar-refractivity contribution in [3.8, 4) is 0 Å². The Labute approximate surface area is 208 Å². The normalized spacial score (nSPS) is 14.0. The number of hydrogen-bond donors (Lipinski definition) is 1. The van der Waals surface area contributed by atoms with Crippen LogP contribution in [-0.4, -0.2) is 49.6 Å². The summed E-state index contributed by atoms with van der Waals surface area (Å²) in [6.07, 6.45) is 0. The van der Waals surface area contributed by atoms with Crippen molar-refractivity contribution in [2.75, 3.05) is 43.0 Å². The van der Waals surface area contributed by atoms with Gasteiger partial charge in [0, 0.05) is 42.8 Å². The number of carbonyl (C=O) groups excluding carboxylic acids is 2. The summed E-state index contributed by atoms with van der Waals surface area (Å²) in [6, 6.07) is 23.0. The zero-order valence-corrected chi connectivity index (χ0v) is 20.8. The van der Waals surface area contributed by atoms with Crippen molar-refractivity contribution in [2.45, 2.75) is 13.5 Å². The molecule has 0 aliphatic carbocycles. The zero-order chi connectivity index (χ0) is 23.9. The van der Waals surface area contributed by atoms with Gasteiger partial charge in [0.15, 0.2) is 0 Å². The van der Waals surface area contributed by atoms with Gasteiger partial charge in [0.05, 0.1) is 23.5 Å². The van der Waals surface area contributed by atoms with Crippen molar-refractivity contribution >= 4 is 39.2 Å². The highest BCUT2D eigenvalue weighted by Gasteiger charge is 2.22. The van der Waals surface area contributed by atoms with Gasteiger partial charge in [-0.15, -0.1) is 0 Å². The van der Waals surface area contributed by atoms with E-state index in [4.69, 9.17) is 4.74 Å². The van der Waals surface area contributed by atoms with E-state index in [-0.39, 0.29) is 5.91 Å². The first-order chi connectivity index (χ1) is 16.5. The van der Waals surface area contributed by atoms with Crippen LogP contribution in [0, 0.1) is 0 Å². The van der Waals surface area contributed by atoms with Gasteiger partial charge >= 0.3 is 5.97 Å². The van der Waals surface area contributed by atoms with E-state index in [1.54, 1.807) is 31.2 Å². The maximum atomic E-state index is 13.0. The molecule has 1 aliphatic rings. The van der Waals surface area contributed by atoms with Crippen molar-refractivity contribution in [3.05, 3.63) is 94.0 Å². The Bertz CT molecular complexity index is 1130. The molecule has 1 fully saturated rings. The number of carbonyl (C=O) groups is 2. The van der Waals surface area contributed by atoms with Crippen LogP contribution in [0.4, 0.5) is 11.4 Å². The molecule has 34 heavy (non-hydrogen) atoms. The second-order valence-corrected chi connectivity index (χ2v) is 9.08. The molecule has 0 spiro atoms. The summed E-state index contributed by atoms with van der Waals surface area (Å²) in [5.41, 5.74) is 3.77. The number of nitrogens with one attached hydrogen (secondary N) is 1. The van der Waals surface area contributed by atoms with Crippen LogP contribution in [0.25, 0.3) is 0 Å². The predicted molar refractivity (Wildman–Crippen MR) is 138 cm³/mol. The van der Waals surface area contributed by atoms with Gasteiger partial charge in [-0.1, -0.05) is 46.3 Å². The maximum absolute atomic E-state index is 13.0. The van der Waals surface area contributed by atoms with Gasteiger partial charge in [-0.3, -0.25) is 9.69 Å². The molecule has 176 valence electrons. The minimum absolute atomic E-state index is 0.225. The number of piperazine rings is 1. The minimum atomic E-state index is -0.402. The standard InChI is InChI=1S/C27H28BrN3O3/c1-2-34-27(33)22-10-13-25(24(18-22)29-26(32)21-8-11-23(28)12-9-21)31-16-14-30(15-17-31)19-20-6-4-3-5-7-20/h3-13,18H,2,14-17,19H2,1H3,(H,29,32). The third-order valence-electron chi connectivity index (χ3n) is 5.82. The predicted octanol–water partition coefficient (Wildman–Crippen LogP) is 5.20. The lowest BCUT2D eigenvalue weighted by Crippen LogP contribution is -2.46. The fraction of sp³-hybridized carbons (Fsp3) is 0.259. The number of anilines is 2. The van der Waals surface area contributed by atoms with Crippen molar-refractivity contribution in [1.82, 2.24) is 4.90 Å². The van der Waals surface area contributed by atoms with E-state index >= 15 is 0 Å². The van der Waals surface area contributed by atoms with Gasteiger partial charge in [-0.2, -0.15) is 0 Å². The molecule has 3 aromatic rings. The van der Waals surface area contributed by atoms with Crippen LogP contribution in [0.3, 0.4) is 0 Å². The molecule has 6 nitrogen and oxygen atoms in total. The number of rotatable bonds is 7. The third-order valence-corrected chi connectivity index (χ3v) is 6.35. The van der Waals surface area contributed by atoms with Gasteiger partial charge in [-0.25, -0.2) is 4.79 Å². The van der Waals surface area contributed by atoms with Crippen molar-refractivity contribution in [1.29, 1.82) is 0 Å². The topological polar surface area (TPSA) is 61.9 Å². The van der Waals surface area contributed by atoms with Gasteiger partial charge in [-0.05, 0) is 55.0 Å². The summed E-state index contributed by atoms with van der Waals surface area (Å²) in [6.45, 7) is 6.47. The molecule has 4 rings (SSSR count). The molecule has 3 aromatic carbocycles. The van der Waals surface area contributed by atoms with E-state index in [0.29, 0.717) is 23.4 Å². The molecule has 0 saturated carbocycles. The monoisotopic (exact) mass is 521 g/mol. The fourth-order valence-electron chi connectivity index (χ4n) is 4.04. The van der Waals surface area contributed by atoms with Crippen molar-refractivity contribution in [2.24, 2.45) is 0 Å². The van der Waals surface area contributed by atoms with Gasteiger partial charge in [0.1, 0.15) is 0 Å². The molecule has 0 atom stereocenters. The van der Waals surface area contributed by atoms with Crippen molar-refractivity contribution in [3.63, 3.8) is 0 Å². The molecule has 0 aromatic heterocycles. The third kappa shape index (κ3) is 6.04. The van der Waals surface area contributed by atoms with E-state index in [1.165, 1.54) is 5.56 Å². The summed E-state index contributed by atoms with van der Waals surface area (Å²) < 4.78 is 6.07. The van der Waals surface area contributed by atoms with Gasteiger partial charge in [0.25, 0.3) is 5.91 Å². The maximum Gasteiger partial charge on any atom is 0.338 e. The lowest BCUT2D eigenvalue weighted by molar-refractivity contribution is 0.0526. The lowest BCUT2D eigenvalue weighted by atomic mass is 10.1. The zero-order valence-electron chi connectivity index (χ0n) is 19.2. The first-order valence-electron chi connectivity index (χ1n) is 11.4. The Kier molecular flexibility index (Phi) is 7.98. The molecule has 1 heterocycles. The van der Waals surface area contributed by atoms with E-state index in [9.17, 15) is 9.59 Å². The van der Waals surface area contributed by atoms with E-state index in [1.807, 2.05) is 24.3 Å². The van der Waals surface area contributed by atoms with E-state index < -0.39 is 5.97 Å². The molecule has 0 radical (unpaired) electrons. The molecule has 1 N–H and O–H groups in total. The second-order valence-electron chi connectivity index (χ2n) is 8.16. The Hall–Kier alpha value is -3.16. The van der Waals surface area contributed by atoms with Crippen molar-refractivity contribution < 1.29 is 14.3 Å². The highest BCUT2D eigenvalue weighted by atomic mass is 79.9. The number of amides is 1. The highest BCUT2D eigenvalue weighted by Crippen LogP contribution is 2.29. The number of halogens is 1. The van der Waals surface area contributed by atoms with Gasteiger partial charge in [0.2, 0.25) is 0 Å². The van der Waals surface area contributed by atoms with E-state index in [0.717, 1.165) is 42.9 Å². The Morgan fingerprint density at radius 3 is 2.26 bits per heavy atom. The summed E-state index contributed by atoms with van der Waals surface area (Å²) in [7, 11) is 0. The van der Waals surface area contributed by atoms with Crippen LogP contribution < -0.4 is 10.2 Å². The molecular formula is C27H28BrN3O3. The average Bonchev–Trinajstić information content (AvgIpc) is 2.86. The van der Waals surface area contributed by atoms with Crippen LogP contribution in [-0.2, 0) is 11.3 Å². The quantitative estimate of drug-likeness (QED) is 0.433. The molecule has 1 aliphatic heterocycles. The fourth-order valence-corrected chi connectivity index (χ4v) is 4.30. The number of ether oxygens (including phenoxy) is 1. The first-order valence-corrected chi connectivity index (χ1v) is 12.2. The first kappa shape index (κ1) is 24.0. The number of nitrogens with zero attached hydrogens (tertiary/aromatic N) is 2. The van der Waals surface area contributed by atoms with E-state index in [2.05, 4.69) is 55.3 Å². The van der Waals surface area contributed by atoms with Crippen LogP contribution in [0.15, 0.2) is 77.3 Å². The Morgan fingerprint density at radius 2 is 1.59 bits per heavy atom. The number of hydrogen-bond acceptors (Lipinski definition) is 5. The number of esters is 1. The second kappa shape index (κ2) is 11.3. The largest absolute Gasteiger partial charge is 0.462 e. The Balaban J connectivity index is 1.52. The van der Waals surface area contributed by atoms with Crippen LogP contribution in [0.1, 0.15) is 33.2 Å². The highest BCUT2D eigenvalue weighted by molar-refractivity contribution is 9.10. The molecule has 0 bridgehead atoms. The molecule has 1 saturated heterocycles. The molecule has 1 amide bonds. The lowest BCUT2D eigenvalue weighted by Gasteiger charge is -2.37. The molecular weight excluding hydrogens is 494 g/mol. The average molecular weight is 522 g/mol. The number of benzene rings is 3. The summed E-state index contributed by atoms with van der Waals surface area (Å²) in [4.78, 5) is 30.0. The molecule has 7 heteroatoms. The summed E-state index contributed by atoms with van der Waals surface area (Å²) in [5.74, 6) is -0.627. The van der Waals surface area contributed by atoms with Crippen LogP contribution in [0.5, 0.6) is 0 Å². The Morgan fingerprint density at radius 1 is 0.912 bits per heavy atom. The van der Waals surface area contributed by atoms with Gasteiger partial charge < -0.3 is 15.0 Å².